The summed E-state index contributed by atoms with van der Waals surface area (Å²) >= 11 is 11.9. The minimum absolute atomic E-state index is 0.178. The second-order valence-corrected chi connectivity index (χ2v) is 8.94. The van der Waals surface area contributed by atoms with Crippen LogP contribution in [0.25, 0.3) is 0 Å². The van der Waals surface area contributed by atoms with E-state index in [9.17, 15) is 13.2 Å². The Morgan fingerprint density at radius 3 is 2.50 bits per heavy atom. The quantitative estimate of drug-likeness (QED) is 0.699. The normalized spacial score (nSPS) is 12.0. The van der Waals surface area contributed by atoms with Gasteiger partial charge in [-0.05, 0) is 36.5 Å². The number of nitrogens with zero attached hydrogens (tertiary/aromatic N) is 1. The second-order valence-electron chi connectivity index (χ2n) is 6.11. The average Bonchev–Trinajstić information content (AvgIpc) is 2.43. The molecule has 0 saturated carbocycles. The number of amides is 1. The Kier molecular flexibility index (Phi) is 8.50. The summed E-state index contributed by atoms with van der Waals surface area (Å²) in [6, 6.07) is 5.07. The van der Waals surface area contributed by atoms with Crippen molar-refractivity contribution in [1.82, 2.24) is 9.62 Å². The largest absolute Gasteiger partial charge is 0.355 e. The number of rotatable bonds is 9. The summed E-state index contributed by atoms with van der Waals surface area (Å²) in [5.74, 6) is 0.173. The van der Waals surface area contributed by atoms with E-state index in [0.717, 1.165) is 22.5 Å². The molecule has 1 rings (SSSR count). The molecule has 0 heterocycles. The Balaban J connectivity index is 2.64. The number of hydrogen-bond acceptors (Lipinski definition) is 3. The molecule has 1 aromatic rings. The van der Waals surface area contributed by atoms with Gasteiger partial charge in [0.2, 0.25) is 15.9 Å². The number of hydrogen-bond donors (Lipinski definition) is 1. The van der Waals surface area contributed by atoms with Crippen LogP contribution >= 0.6 is 23.2 Å². The van der Waals surface area contributed by atoms with Gasteiger partial charge in [0.1, 0.15) is 0 Å². The smallest absolute Gasteiger partial charge is 0.235 e. The average molecular weight is 395 g/mol. The maximum atomic E-state index is 11.9. The Labute approximate surface area is 154 Å². The van der Waals surface area contributed by atoms with E-state index in [0.29, 0.717) is 28.9 Å². The van der Waals surface area contributed by atoms with Gasteiger partial charge in [-0.25, -0.2) is 8.42 Å². The standard InChI is InChI=1S/C16H24Cl2N2O3S/c1-12(2)6-8-19-16(21)11-20(24(3,22)23)9-7-13-4-5-14(17)10-15(13)18/h4-5,10,12H,6-9,11H2,1-3H3,(H,19,21). The monoisotopic (exact) mass is 394 g/mol. The number of halogens is 2. The molecule has 0 aliphatic heterocycles. The molecule has 0 spiro atoms. The van der Waals surface area contributed by atoms with Gasteiger partial charge in [-0.3, -0.25) is 4.79 Å². The lowest BCUT2D eigenvalue weighted by Gasteiger charge is -2.20. The Morgan fingerprint density at radius 1 is 1.29 bits per heavy atom. The molecule has 1 N–H and O–H groups in total. The highest BCUT2D eigenvalue weighted by molar-refractivity contribution is 7.88. The minimum atomic E-state index is -3.49. The second kappa shape index (κ2) is 9.61. The first-order valence-corrected chi connectivity index (χ1v) is 10.4. The summed E-state index contributed by atoms with van der Waals surface area (Å²) in [6.07, 6.45) is 2.35. The first-order valence-electron chi connectivity index (χ1n) is 7.75. The molecule has 0 unspecified atom stereocenters. The van der Waals surface area contributed by atoms with Crippen molar-refractivity contribution in [1.29, 1.82) is 0 Å². The van der Waals surface area contributed by atoms with Crippen molar-refractivity contribution in [3.05, 3.63) is 33.8 Å². The van der Waals surface area contributed by atoms with Gasteiger partial charge in [-0.1, -0.05) is 43.1 Å². The van der Waals surface area contributed by atoms with E-state index < -0.39 is 10.0 Å². The van der Waals surface area contributed by atoms with Crippen molar-refractivity contribution in [3.63, 3.8) is 0 Å². The molecular weight excluding hydrogens is 371 g/mol. The van der Waals surface area contributed by atoms with Crippen LogP contribution < -0.4 is 5.32 Å². The van der Waals surface area contributed by atoms with E-state index >= 15 is 0 Å². The van der Waals surface area contributed by atoms with E-state index in [4.69, 9.17) is 23.2 Å². The van der Waals surface area contributed by atoms with Crippen LogP contribution in [0.1, 0.15) is 25.8 Å². The minimum Gasteiger partial charge on any atom is -0.355 e. The zero-order valence-corrected chi connectivity index (χ0v) is 16.5. The molecule has 0 aliphatic rings. The predicted octanol–water partition coefficient (Wildman–Crippen LogP) is 2.96. The molecule has 5 nitrogen and oxygen atoms in total. The summed E-state index contributed by atoms with van der Waals surface area (Å²) in [4.78, 5) is 11.9. The molecule has 0 atom stereocenters. The van der Waals surface area contributed by atoms with Gasteiger partial charge in [-0.2, -0.15) is 4.31 Å². The van der Waals surface area contributed by atoms with Crippen LogP contribution in [-0.2, 0) is 21.2 Å². The van der Waals surface area contributed by atoms with Crippen LogP contribution in [0.5, 0.6) is 0 Å². The highest BCUT2D eigenvalue weighted by atomic mass is 35.5. The maximum absolute atomic E-state index is 11.9. The van der Waals surface area contributed by atoms with Crippen molar-refractivity contribution in [2.75, 3.05) is 25.9 Å². The highest BCUT2D eigenvalue weighted by Crippen LogP contribution is 2.21. The fraction of sp³-hybridized carbons (Fsp3) is 0.562. The van der Waals surface area contributed by atoms with Crippen molar-refractivity contribution in [2.45, 2.75) is 26.7 Å². The Hall–Kier alpha value is -0.820. The Morgan fingerprint density at radius 2 is 1.96 bits per heavy atom. The van der Waals surface area contributed by atoms with Crippen molar-refractivity contribution in [3.8, 4) is 0 Å². The topological polar surface area (TPSA) is 66.5 Å². The number of benzene rings is 1. The third-order valence-electron chi connectivity index (χ3n) is 3.48. The van der Waals surface area contributed by atoms with Crippen LogP contribution in [0, 0.1) is 5.92 Å². The summed E-state index contributed by atoms with van der Waals surface area (Å²) in [5, 5.41) is 3.75. The zero-order valence-electron chi connectivity index (χ0n) is 14.2. The molecule has 24 heavy (non-hydrogen) atoms. The summed E-state index contributed by atoms with van der Waals surface area (Å²) in [6.45, 7) is 4.65. The highest BCUT2D eigenvalue weighted by Gasteiger charge is 2.20. The van der Waals surface area contributed by atoms with Gasteiger partial charge >= 0.3 is 0 Å². The fourth-order valence-corrected chi connectivity index (χ4v) is 3.33. The summed E-state index contributed by atoms with van der Waals surface area (Å²) in [7, 11) is -3.49. The molecule has 0 radical (unpaired) electrons. The number of nitrogens with one attached hydrogen (secondary N) is 1. The lowest BCUT2D eigenvalue weighted by molar-refractivity contribution is -0.121. The lowest BCUT2D eigenvalue weighted by atomic mass is 10.1. The molecule has 136 valence electrons. The summed E-state index contributed by atoms with van der Waals surface area (Å²) in [5.41, 5.74) is 0.787. The number of sulfonamides is 1. The molecular formula is C16H24Cl2N2O3S. The van der Waals surface area contributed by atoms with Crippen LogP contribution in [0.3, 0.4) is 0 Å². The molecule has 8 heteroatoms. The molecule has 0 fully saturated rings. The third kappa shape index (κ3) is 7.83. The van der Waals surface area contributed by atoms with E-state index in [1.54, 1.807) is 18.2 Å². The Bertz CT molecular complexity index is 663. The van der Waals surface area contributed by atoms with Gasteiger partial charge in [0.05, 0.1) is 12.8 Å². The van der Waals surface area contributed by atoms with E-state index in [2.05, 4.69) is 19.2 Å². The maximum Gasteiger partial charge on any atom is 0.235 e. The van der Waals surface area contributed by atoms with Crippen molar-refractivity contribution >= 4 is 39.1 Å². The first kappa shape index (κ1) is 21.2. The predicted molar refractivity (Wildman–Crippen MR) is 99.0 cm³/mol. The van der Waals surface area contributed by atoms with Gasteiger partial charge in [0, 0.05) is 23.1 Å². The van der Waals surface area contributed by atoms with Gasteiger partial charge in [-0.15, -0.1) is 0 Å². The molecule has 0 saturated heterocycles. The molecule has 0 bridgehead atoms. The summed E-state index contributed by atoms with van der Waals surface area (Å²) < 4.78 is 25.0. The zero-order chi connectivity index (χ0) is 18.3. The van der Waals surface area contributed by atoms with Gasteiger partial charge < -0.3 is 5.32 Å². The van der Waals surface area contributed by atoms with E-state index in [-0.39, 0.29) is 19.0 Å². The molecule has 1 aromatic carbocycles. The van der Waals surface area contributed by atoms with Gasteiger partial charge in [0.25, 0.3) is 0 Å². The third-order valence-corrected chi connectivity index (χ3v) is 5.32. The number of carbonyl (C=O) groups excluding carboxylic acids is 1. The SMILES string of the molecule is CC(C)CCNC(=O)CN(CCc1ccc(Cl)cc1Cl)S(C)(=O)=O. The van der Waals surface area contributed by atoms with Gasteiger partial charge in [0.15, 0.2) is 0 Å². The molecule has 0 aromatic heterocycles. The fourth-order valence-electron chi connectivity index (χ4n) is 2.05. The molecule has 1 amide bonds. The van der Waals surface area contributed by atoms with E-state index in [1.807, 2.05) is 0 Å². The molecule has 0 aliphatic carbocycles. The van der Waals surface area contributed by atoms with Crippen LogP contribution in [0.15, 0.2) is 18.2 Å². The first-order chi connectivity index (χ1) is 11.1. The van der Waals surface area contributed by atoms with E-state index in [1.165, 1.54) is 0 Å². The van der Waals surface area contributed by atoms with Crippen LogP contribution in [-0.4, -0.2) is 44.5 Å². The van der Waals surface area contributed by atoms with Crippen molar-refractivity contribution < 1.29 is 13.2 Å². The lowest BCUT2D eigenvalue weighted by Crippen LogP contribution is -2.41. The van der Waals surface area contributed by atoms with Crippen LogP contribution in [0.2, 0.25) is 10.0 Å². The van der Waals surface area contributed by atoms with Crippen LogP contribution in [0.4, 0.5) is 0 Å². The van der Waals surface area contributed by atoms with Crippen molar-refractivity contribution in [2.24, 2.45) is 5.92 Å². The number of carbonyl (C=O) groups is 1.